The molecule has 1 aromatic heterocycles. The number of rotatable bonds is 3. The zero-order valence-corrected chi connectivity index (χ0v) is 11.9. The zero-order chi connectivity index (χ0) is 12.5. The Labute approximate surface area is 108 Å². The van der Waals surface area contributed by atoms with E-state index in [1.807, 2.05) is 13.8 Å². The second-order valence-electron chi connectivity index (χ2n) is 5.81. The van der Waals surface area contributed by atoms with Gasteiger partial charge in [-0.3, -0.25) is 4.90 Å². The number of nitrogens with zero attached hydrogens (tertiary/aromatic N) is 2. The Morgan fingerprint density at radius 3 is 2.65 bits per heavy atom. The summed E-state index contributed by atoms with van der Waals surface area (Å²) in [5.74, 6) is 0.890. The number of hydrogen-bond acceptors (Lipinski definition) is 4. The SMILES string of the molecule is CC1CCN(Cc2nc(C(C)(C)N)cs2)CC1. The van der Waals surface area contributed by atoms with Gasteiger partial charge in [-0.1, -0.05) is 6.92 Å². The Bertz CT molecular complexity index is 359. The van der Waals surface area contributed by atoms with E-state index < -0.39 is 0 Å². The van der Waals surface area contributed by atoms with E-state index in [9.17, 15) is 0 Å². The fourth-order valence-electron chi connectivity index (χ4n) is 2.09. The highest BCUT2D eigenvalue weighted by atomic mass is 32.1. The van der Waals surface area contributed by atoms with Crippen LogP contribution in [0.4, 0.5) is 0 Å². The molecule has 0 radical (unpaired) electrons. The van der Waals surface area contributed by atoms with Crippen molar-refractivity contribution in [1.82, 2.24) is 9.88 Å². The summed E-state index contributed by atoms with van der Waals surface area (Å²) in [6, 6.07) is 0. The first-order valence-electron chi connectivity index (χ1n) is 6.41. The van der Waals surface area contributed by atoms with Crippen molar-refractivity contribution in [3.05, 3.63) is 16.1 Å². The molecule has 0 saturated carbocycles. The van der Waals surface area contributed by atoms with Crippen LogP contribution >= 0.6 is 11.3 Å². The predicted octanol–water partition coefficient (Wildman–Crippen LogP) is 2.57. The fraction of sp³-hybridized carbons (Fsp3) is 0.769. The standard InChI is InChI=1S/C13H23N3S/c1-10-4-6-16(7-5-10)8-12-15-11(9-17-12)13(2,3)14/h9-10H,4-8,14H2,1-3H3. The van der Waals surface area contributed by atoms with Crippen molar-refractivity contribution in [3.8, 4) is 0 Å². The van der Waals surface area contributed by atoms with Crippen LogP contribution in [0.15, 0.2) is 5.38 Å². The van der Waals surface area contributed by atoms with Gasteiger partial charge in [-0.05, 0) is 45.7 Å². The van der Waals surface area contributed by atoms with Gasteiger partial charge < -0.3 is 5.73 Å². The van der Waals surface area contributed by atoms with Crippen molar-refractivity contribution in [2.45, 2.75) is 45.7 Å². The van der Waals surface area contributed by atoms with E-state index in [-0.39, 0.29) is 5.54 Å². The molecule has 0 spiro atoms. The second kappa shape index (κ2) is 5.04. The number of thiazole rings is 1. The molecule has 0 unspecified atom stereocenters. The van der Waals surface area contributed by atoms with Crippen LogP contribution in [-0.2, 0) is 12.1 Å². The average Bonchev–Trinajstić information content (AvgIpc) is 2.69. The van der Waals surface area contributed by atoms with Crippen molar-refractivity contribution in [2.75, 3.05) is 13.1 Å². The highest BCUT2D eigenvalue weighted by Crippen LogP contribution is 2.23. The van der Waals surface area contributed by atoms with Gasteiger partial charge in [-0.2, -0.15) is 0 Å². The van der Waals surface area contributed by atoms with E-state index in [0.29, 0.717) is 0 Å². The minimum absolute atomic E-state index is 0.314. The Kier molecular flexibility index (Phi) is 3.85. The third-order valence-electron chi connectivity index (χ3n) is 3.45. The van der Waals surface area contributed by atoms with Crippen molar-refractivity contribution in [3.63, 3.8) is 0 Å². The van der Waals surface area contributed by atoms with E-state index in [0.717, 1.165) is 18.2 Å². The second-order valence-corrected chi connectivity index (χ2v) is 6.75. The maximum Gasteiger partial charge on any atom is 0.107 e. The lowest BCUT2D eigenvalue weighted by Crippen LogP contribution is -2.32. The Hall–Kier alpha value is -0.450. The van der Waals surface area contributed by atoms with Crippen molar-refractivity contribution < 1.29 is 0 Å². The predicted molar refractivity (Wildman–Crippen MR) is 73.0 cm³/mol. The maximum absolute atomic E-state index is 6.05. The zero-order valence-electron chi connectivity index (χ0n) is 11.1. The molecule has 2 N–H and O–H groups in total. The van der Waals surface area contributed by atoms with E-state index in [2.05, 4.69) is 22.2 Å². The van der Waals surface area contributed by atoms with Gasteiger partial charge >= 0.3 is 0 Å². The first kappa shape index (κ1) is 13.0. The summed E-state index contributed by atoms with van der Waals surface area (Å²) < 4.78 is 0. The topological polar surface area (TPSA) is 42.2 Å². The van der Waals surface area contributed by atoms with E-state index >= 15 is 0 Å². The summed E-state index contributed by atoms with van der Waals surface area (Å²) in [7, 11) is 0. The van der Waals surface area contributed by atoms with Gasteiger partial charge in [0.1, 0.15) is 5.01 Å². The minimum Gasteiger partial charge on any atom is -0.321 e. The Balaban J connectivity index is 1.93. The third-order valence-corrected chi connectivity index (χ3v) is 4.28. The average molecular weight is 253 g/mol. The molecule has 96 valence electrons. The fourth-order valence-corrected chi connectivity index (χ4v) is 3.10. The molecule has 2 rings (SSSR count). The molecule has 4 heteroatoms. The van der Waals surface area contributed by atoms with Gasteiger partial charge in [0.25, 0.3) is 0 Å². The van der Waals surface area contributed by atoms with Crippen LogP contribution in [-0.4, -0.2) is 23.0 Å². The van der Waals surface area contributed by atoms with Crippen LogP contribution in [0.3, 0.4) is 0 Å². The van der Waals surface area contributed by atoms with Crippen LogP contribution in [0.25, 0.3) is 0 Å². The molecule has 0 atom stereocenters. The monoisotopic (exact) mass is 253 g/mol. The van der Waals surface area contributed by atoms with E-state index in [4.69, 9.17) is 5.73 Å². The van der Waals surface area contributed by atoms with Crippen LogP contribution in [0.1, 0.15) is 44.3 Å². The molecule has 0 bridgehead atoms. The largest absolute Gasteiger partial charge is 0.321 e. The molecule has 1 aliphatic rings. The van der Waals surface area contributed by atoms with Gasteiger partial charge in [-0.25, -0.2) is 4.98 Å². The molecule has 2 heterocycles. The quantitative estimate of drug-likeness (QED) is 0.900. The number of hydrogen-bond donors (Lipinski definition) is 1. The highest BCUT2D eigenvalue weighted by molar-refractivity contribution is 7.09. The molecule has 17 heavy (non-hydrogen) atoms. The first-order valence-corrected chi connectivity index (χ1v) is 7.29. The lowest BCUT2D eigenvalue weighted by molar-refractivity contribution is 0.185. The molecule has 0 amide bonds. The Morgan fingerprint density at radius 2 is 2.12 bits per heavy atom. The molecule has 3 nitrogen and oxygen atoms in total. The van der Waals surface area contributed by atoms with E-state index in [1.165, 1.54) is 30.9 Å². The summed E-state index contributed by atoms with van der Waals surface area (Å²) in [5.41, 5.74) is 6.75. The van der Waals surface area contributed by atoms with Crippen molar-refractivity contribution >= 4 is 11.3 Å². The smallest absolute Gasteiger partial charge is 0.107 e. The number of likely N-dealkylation sites (tertiary alicyclic amines) is 1. The summed E-state index contributed by atoms with van der Waals surface area (Å²) in [6.45, 7) is 9.77. The molecular formula is C13H23N3S. The molecule has 1 aliphatic heterocycles. The van der Waals surface area contributed by atoms with Crippen LogP contribution in [0.2, 0.25) is 0 Å². The summed E-state index contributed by atoms with van der Waals surface area (Å²) >= 11 is 1.74. The highest BCUT2D eigenvalue weighted by Gasteiger charge is 2.20. The van der Waals surface area contributed by atoms with Crippen LogP contribution in [0.5, 0.6) is 0 Å². The number of nitrogens with two attached hydrogens (primary N) is 1. The van der Waals surface area contributed by atoms with Gasteiger partial charge in [0.05, 0.1) is 17.8 Å². The maximum atomic E-state index is 6.05. The molecule has 1 aromatic rings. The molecular weight excluding hydrogens is 230 g/mol. The van der Waals surface area contributed by atoms with Crippen LogP contribution < -0.4 is 5.73 Å². The molecule has 1 saturated heterocycles. The lowest BCUT2D eigenvalue weighted by Gasteiger charge is -2.29. The van der Waals surface area contributed by atoms with Crippen LogP contribution in [0, 0.1) is 5.92 Å². The summed E-state index contributed by atoms with van der Waals surface area (Å²) in [6.07, 6.45) is 2.64. The van der Waals surface area contributed by atoms with Gasteiger partial charge in [-0.15, -0.1) is 11.3 Å². The molecule has 1 fully saturated rings. The van der Waals surface area contributed by atoms with Gasteiger partial charge in [0, 0.05) is 5.38 Å². The summed E-state index contributed by atoms with van der Waals surface area (Å²) in [5, 5.41) is 3.30. The normalized spacial score (nSPS) is 19.8. The van der Waals surface area contributed by atoms with E-state index in [1.54, 1.807) is 11.3 Å². The van der Waals surface area contributed by atoms with Crippen molar-refractivity contribution in [2.24, 2.45) is 11.7 Å². The number of aromatic nitrogens is 1. The Morgan fingerprint density at radius 1 is 1.47 bits per heavy atom. The van der Waals surface area contributed by atoms with Gasteiger partial charge in [0.15, 0.2) is 0 Å². The minimum atomic E-state index is -0.314. The molecule has 0 aromatic carbocycles. The molecule has 0 aliphatic carbocycles. The number of piperidine rings is 1. The summed E-state index contributed by atoms with van der Waals surface area (Å²) in [4.78, 5) is 7.15. The lowest BCUT2D eigenvalue weighted by atomic mass is 9.99. The van der Waals surface area contributed by atoms with Crippen molar-refractivity contribution in [1.29, 1.82) is 0 Å². The van der Waals surface area contributed by atoms with Gasteiger partial charge in [0.2, 0.25) is 0 Å². The first-order chi connectivity index (χ1) is 7.95. The third kappa shape index (κ3) is 3.50.